The van der Waals surface area contributed by atoms with Crippen molar-refractivity contribution in [2.45, 2.75) is 18.0 Å². The number of hydrogen-bond donors (Lipinski definition) is 2. The smallest absolute Gasteiger partial charge is 0.245 e. The van der Waals surface area contributed by atoms with Gasteiger partial charge in [0, 0.05) is 13.2 Å². The summed E-state index contributed by atoms with van der Waals surface area (Å²) in [6.45, 7) is 1.53. The van der Waals surface area contributed by atoms with Crippen LogP contribution in [0.1, 0.15) is 6.42 Å². The first kappa shape index (κ1) is 12.3. The normalized spacial score (nSPS) is 33.7. The predicted molar refractivity (Wildman–Crippen MR) is 57.9 cm³/mol. The SMILES string of the molecule is NC(=O)C1COCCN1C(=O)C1(N)CCOC1. The van der Waals surface area contributed by atoms with E-state index in [2.05, 4.69) is 0 Å². The minimum absolute atomic E-state index is 0.137. The van der Waals surface area contributed by atoms with Crippen LogP contribution in [0.3, 0.4) is 0 Å². The highest BCUT2D eigenvalue weighted by molar-refractivity contribution is 5.92. The van der Waals surface area contributed by atoms with Gasteiger partial charge < -0.3 is 25.8 Å². The van der Waals surface area contributed by atoms with Crippen molar-refractivity contribution in [1.29, 1.82) is 0 Å². The van der Waals surface area contributed by atoms with Gasteiger partial charge in [0.05, 0.1) is 19.8 Å². The Kier molecular flexibility index (Phi) is 3.32. The molecule has 2 fully saturated rings. The zero-order chi connectivity index (χ0) is 12.5. The molecular formula is C10H17N3O4. The zero-order valence-electron chi connectivity index (χ0n) is 9.55. The van der Waals surface area contributed by atoms with Gasteiger partial charge in [-0.25, -0.2) is 0 Å². The molecule has 2 unspecified atom stereocenters. The number of nitrogens with two attached hydrogens (primary N) is 2. The zero-order valence-corrected chi connectivity index (χ0v) is 9.55. The van der Waals surface area contributed by atoms with E-state index < -0.39 is 17.5 Å². The van der Waals surface area contributed by atoms with E-state index in [9.17, 15) is 9.59 Å². The van der Waals surface area contributed by atoms with E-state index in [0.717, 1.165) is 0 Å². The molecule has 2 atom stereocenters. The topological polar surface area (TPSA) is 108 Å². The lowest BCUT2D eigenvalue weighted by atomic mass is 9.97. The first-order valence-corrected chi connectivity index (χ1v) is 5.59. The van der Waals surface area contributed by atoms with Gasteiger partial charge in [0.15, 0.2) is 0 Å². The number of morpholine rings is 1. The first-order valence-electron chi connectivity index (χ1n) is 5.59. The Hall–Kier alpha value is -1.18. The van der Waals surface area contributed by atoms with Crippen LogP contribution in [-0.4, -0.2) is 61.3 Å². The van der Waals surface area contributed by atoms with E-state index in [4.69, 9.17) is 20.9 Å². The van der Waals surface area contributed by atoms with Crippen LogP contribution in [0.2, 0.25) is 0 Å². The number of ether oxygens (including phenoxy) is 2. The molecular weight excluding hydrogens is 226 g/mol. The number of nitrogens with zero attached hydrogens (tertiary/aromatic N) is 1. The Morgan fingerprint density at radius 1 is 1.29 bits per heavy atom. The van der Waals surface area contributed by atoms with Crippen molar-refractivity contribution in [2.75, 3.05) is 33.0 Å². The van der Waals surface area contributed by atoms with Gasteiger partial charge in [-0.3, -0.25) is 9.59 Å². The van der Waals surface area contributed by atoms with Gasteiger partial charge in [0.1, 0.15) is 11.6 Å². The summed E-state index contributed by atoms with van der Waals surface area (Å²) < 4.78 is 10.3. The molecule has 2 saturated heterocycles. The third-order valence-electron chi connectivity index (χ3n) is 3.20. The van der Waals surface area contributed by atoms with Crippen LogP contribution in [0.4, 0.5) is 0 Å². The Labute approximate surface area is 99.0 Å². The summed E-state index contributed by atoms with van der Waals surface area (Å²) in [6, 6.07) is -0.725. The van der Waals surface area contributed by atoms with Crippen LogP contribution in [0.25, 0.3) is 0 Å². The molecule has 96 valence electrons. The molecule has 0 aromatic heterocycles. The summed E-state index contributed by atoms with van der Waals surface area (Å²) >= 11 is 0. The van der Waals surface area contributed by atoms with Crippen molar-refractivity contribution in [2.24, 2.45) is 11.5 Å². The predicted octanol–water partition coefficient (Wildman–Crippen LogP) is -2.18. The van der Waals surface area contributed by atoms with E-state index >= 15 is 0 Å². The summed E-state index contributed by atoms with van der Waals surface area (Å²) in [6.07, 6.45) is 0.467. The second-order valence-corrected chi connectivity index (χ2v) is 4.45. The van der Waals surface area contributed by atoms with Crippen molar-refractivity contribution in [1.82, 2.24) is 4.90 Å². The lowest BCUT2D eigenvalue weighted by Gasteiger charge is -2.37. The number of primary amides is 1. The molecule has 7 heteroatoms. The Morgan fingerprint density at radius 3 is 2.65 bits per heavy atom. The molecule has 0 aromatic rings. The van der Waals surface area contributed by atoms with Crippen LogP contribution in [0.15, 0.2) is 0 Å². The number of hydrogen-bond acceptors (Lipinski definition) is 5. The van der Waals surface area contributed by atoms with Crippen molar-refractivity contribution in [3.63, 3.8) is 0 Å². The van der Waals surface area contributed by atoms with Crippen molar-refractivity contribution in [3.05, 3.63) is 0 Å². The Morgan fingerprint density at radius 2 is 2.06 bits per heavy atom. The third kappa shape index (κ3) is 2.26. The Bertz CT molecular complexity index is 328. The molecule has 0 radical (unpaired) electrons. The molecule has 2 aliphatic rings. The average molecular weight is 243 g/mol. The minimum Gasteiger partial charge on any atom is -0.379 e. The first-order chi connectivity index (χ1) is 8.04. The monoisotopic (exact) mass is 243 g/mol. The molecule has 2 heterocycles. The lowest BCUT2D eigenvalue weighted by Crippen LogP contribution is -2.63. The molecule has 0 spiro atoms. The molecule has 4 N–H and O–H groups in total. The fourth-order valence-electron chi connectivity index (χ4n) is 2.12. The van der Waals surface area contributed by atoms with Crippen molar-refractivity contribution >= 4 is 11.8 Å². The van der Waals surface area contributed by atoms with E-state index in [1.54, 1.807) is 0 Å². The quantitative estimate of drug-likeness (QED) is 0.573. The highest BCUT2D eigenvalue weighted by Crippen LogP contribution is 2.21. The molecule has 17 heavy (non-hydrogen) atoms. The van der Waals surface area contributed by atoms with E-state index in [-0.39, 0.29) is 19.1 Å². The Balaban J connectivity index is 2.13. The largest absolute Gasteiger partial charge is 0.379 e. The molecule has 0 aromatic carbocycles. The van der Waals surface area contributed by atoms with Gasteiger partial charge in [0.25, 0.3) is 0 Å². The highest BCUT2D eigenvalue weighted by Gasteiger charge is 2.44. The number of carbonyl (C=O) groups is 2. The van der Waals surface area contributed by atoms with Gasteiger partial charge >= 0.3 is 0 Å². The molecule has 7 nitrogen and oxygen atoms in total. The second-order valence-electron chi connectivity index (χ2n) is 4.45. The molecule has 0 bridgehead atoms. The van der Waals surface area contributed by atoms with Gasteiger partial charge in [-0.2, -0.15) is 0 Å². The fourth-order valence-corrected chi connectivity index (χ4v) is 2.12. The summed E-state index contributed by atoms with van der Waals surface area (Å²) in [4.78, 5) is 25.0. The van der Waals surface area contributed by atoms with Crippen molar-refractivity contribution < 1.29 is 19.1 Å². The maximum absolute atomic E-state index is 12.3. The maximum atomic E-state index is 12.3. The summed E-state index contributed by atoms with van der Waals surface area (Å²) in [5, 5.41) is 0. The third-order valence-corrected chi connectivity index (χ3v) is 3.20. The van der Waals surface area contributed by atoms with Crippen LogP contribution < -0.4 is 11.5 Å². The maximum Gasteiger partial charge on any atom is 0.245 e. The minimum atomic E-state index is -1.02. The van der Waals surface area contributed by atoms with Crippen LogP contribution in [0.5, 0.6) is 0 Å². The molecule has 2 amide bonds. The van der Waals surface area contributed by atoms with Crippen molar-refractivity contribution in [3.8, 4) is 0 Å². The van der Waals surface area contributed by atoms with E-state index in [1.165, 1.54) is 4.90 Å². The molecule has 2 rings (SSSR count). The van der Waals surface area contributed by atoms with E-state index in [0.29, 0.717) is 26.2 Å². The van der Waals surface area contributed by atoms with Crippen LogP contribution >= 0.6 is 0 Å². The fraction of sp³-hybridized carbons (Fsp3) is 0.800. The van der Waals surface area contributed by atoms with E-state index in [1.807, 2.05) is 0 Å². The van der Waals surface area contributed by atoms with Gasteiger partial charge in [-0.05, 0) is 6.42 Å². The van der Waals surface area contributed by atoms with Gasteiger partial charge in [-0.1, -0.05) is 0 Å². The molecule has 0 saturated carbocycles. The summed E-state index contributed by atoms with van der Waals surface area (Å²) in [5.74, 6) is -0.845. The number of rotatable bonds is 2. The van der Waals surface area contributed by atoms with Gasteiger partial charge in [-0.15, -0.1) is 0 Å². The number of carbonyl (C=O) groups excluding carboxylic acids is 2. The highest BCUT2D eigenvalue weighted by atomic mass is 16.5. The van der Waals surface area contributed by atoms with Crippen LogP contribution in [-0.2, 0) is 19.1 Å². The second kappa shape index (κ2) is 4.59. The summed E-state index contributed by atoms with van der Waals surface area (Å²) in [5.41, 5.74) is 10.2. The van der Waals surface area contributed by atoms with Crippen LogP contribution in [0, 0.1) is 0 Å². The average Bonchev–Trinajstić information content (AvgIpc) is 2.76. The standard InChI is InChI=1S/C10H17N3O4/c11-8(14)7-5-16-4-2-13(7)9(15)10(12)1-3-17-6-10/h7H,1-6,12H2,(H2,11,14). The molecule has 0 aliphatic carbocycles. The summed E-state index contributed by atoms with van der Waals surface area (Å²) in [7, 11) is 0. The number of amides is 2. The molecule has 2 aliphatic heterocycles. The lowest BCUT2D eigenvalue weighted by molar-refractivity contribution is -0.151. The van der Waals surface area contributed by atoms with Gasteiger partial charge in [0.2, 0.25) is 11.8 Å².